The number of esters is 3. The molecule has 0 fully saturated rings. The molecule has 0 amide bonds. The van der Waals surface area contributed by atoms with Crippen LogP contribution in [0.5, 0.6) is 0 Å². The van der Waals surface area contributed by atoms with Crippen molar-refractivity contribution >= 4 is 17.9 Å². The molecule has 0 N–H and O–H groups in total. The van der Waals surface area contributed by atoms with Crippen LogP contribution < -0.4 is 0 Å². The Hall–Kier alpha value is -3.93. The van der Waals surface area contributed by atoms with E-state index in [1.54, 1.807) is 6.08 Å². The molecule has 0 aromatic carbocycles. The summed E-state index contributed by atoms with van der Waals surface area (Å²) in [4.78, 5) is 37.6. The highest BCUT2D eigenvalue weighted by Crippen LogP contribution is 2.13. The third-order valence-electron chi connectivity index (χ3n) is 9.04. The van der Waals surface area contributed by atoms with Crippen LogP contribution in [-0.4, -0.2) is 37.2 Å². The normalized spacial score (nSPS) is 13.1. The Morgan fingerprint density at radius 1 is 0.362 bits per heavy atom. The Morgan fingerprint density at radius 2 is 0.690 bits per heavy atom. The molecule has 0 aliphatic heterocycles. The molecular weight excluding hydrogens is 721 g/mol. The van der Waals surface area contributed by atoms with Gasteiger partial charge in [-0.05, 0) is 96.3 Å². The summed E-state index contributed by atoms with van der Waals surface area (Å²) in [7, 11) is 0. The standard InChI is InChI=1S/C52H82O6/c1-4-7-10-13-16-19-21-23-24-25-26-27-28-29-31-33-36-39-42-45-51(54)57-48-49(47-56-50(53)44-41-38-35-32-18-15-12-9-6-3)58-52(55)46-43-40-37-34-30-22-20-17-14-11-8-5-2/h7-12,16-20,23-24,30,32,34,38,41,49H,4-6,13-15,21-22,25-29,31,33,35-37,39-40,42-48H2,1-3H3/b10-7-,11-8-,12-9-,19-16-,20-17-,24-23-,32-18-,34-30-,41-38-. The Kier molecular flexibility index (Phi) is 42.7. The lowest BCUT2D eigenvalue weighted by atomic mass is 10.1. The monoisotopic (exact) mass is 803 g/mol. The van der Waals surface area contributed by atoms with E-state index >= 15 is 0 Å². The van der Waals surface area contributed by atoms with Crippen molar-refractivity contribution in [3.05, 3.63) is 109 Å². The van der Waals surface area contributed by atoms with Gasteiger partial charge in [0.2, 0.25) is 0 Å². The Labute approximate surface area is 355 Å². The number of carbonyl (C=O) groups excluding carboxylic acids is 3. The molecule has 0 aliphatic rings. The zero-order valence-corrected chi connectivity index (χ0v) is 37.0. The second-order valence-electron chi connectivity index (χ2n) is 14.5. The average Bonchev–Trinajstić information content (AvgIpc) is 3.22. The van der Waals surface area contributed by atoms with E-state index in [0.29, 0.717) is 12.8 Å². The number of hydrogen-bond donors (Lipinski definition) is 0. The smallest absolute Gasteiger partial charge is 0.309 e. The zero-order valence-electron chi connectivity index (χ0n) is 37.0. The van der Waals surface area contributed by atoms with Crippen LogP contribution in [0.3, 0.4) is 0 Å². The molecule has 0 saturated heterocycles. The molecule has 1 unspecified atom stereocenters. The molecule has 0 saturated carbocycles. The van der Waals surface area contributed by atoms with Gasteiger partial charge in [-0.2, -0.15) is 0 Å². The molecule has 0 aromatic rings. The van der Waals surface area contributed by atoms with Crippen LogP contribution in [0.2, 0.25) is 0 Å². The Balaban J connectivity index is 4.42. The summed E-state index contributed by atoms with van der Waals surface area (Å²) in [5.41, 5.74) is 0. The van der Waals surface area contributed by atoms with E-state index in [0.717, 1.165) is 96.3 Å². The van der Waals surface area contributed by atoms with Crippen molar-refractivity contribution in [2.24, 2.45) is 0 Å². The van der Waals surface area contributed by atoms with Gasteiger partial charge in [-0.1, -0.05) is 175 Å². The van der Waals surface area contributed by atoms with Gasteiger partial charge in [0, 0.05) is 12.8 Å². The largest absolute Gasteiger partial charge is 0.462 e. The second-order valence-corrected chi connectivity index (χ2v) is 14.5. The lowest BCUT2D eigenvalue weighted by Gasteiger charge is -2.18. The van der Waals surface area contributed by atoms with E-state index in [1.807, 2.05) is 6.08 Å². The summed E-state index contributed by atoms with van der Waals surface area (Å²) in [5, 5.41) is 0. The van der Waals surface area contributed by atoms with Crippen molar-refractivity contribution in [3.8, 4) is 0 Å². The highest BCUT2D eigenvalue weighted by molar-refractivity contribution is 5.72. The van der Waals surface area contributed by atoms with Gasteiger partial charge in [-0.3, -0.25) is 14.4 Å². The van der Waals surface area contributed by atoms with Crippen molar-refractivity contribution in [1.29, 1.82) is 0 Å². The summed E-state index contributed by atoms with van der Waals surface area (Å²) in [6, 6.07) is 0. The van der Waals surface area contributed by atoms with Gasteiger partial charge in [-0.25, -0.2) is 0 Å². The number of ether oxygens (including phenoxy) is 3. The molecular formula is C52H82O6. The van der Waals surface area contributed by atoms with Crippen LogP contribution in [0.4, 0.5) is 0 Å². The lowest BCUT2D eigenvalue weighted by molar-refractivity contribution is -0.166. The predicted molar refractivity (Wildman–Crippen MR) is 247 cm³/mol. The molecule has 0 spiro atoms. The minimum Gasteiger partial charge on any atom is -0.462 e. The fraction of sp³-hybridized carbons (Fsp3) is 0.596. The number of allylic oxidation sites excluding steroid dienone is 17. The maximum atomic E-state index is 12.7. The maximum Gasteiger partial charge on any atom is 0.309 e. The number of rotatable bonds is 39. The molecule has 6 heteroatoms. The van der Waals surface area contributed by atoms with Gasteiger partial charge in [0.15, 0.2) is 6.10 Å². The highest BCUT2D eigenvalue weighted by atomic mass is 16.6. The molecule has 0 bridgehead atoms. The van der Waals surface area contributed by atoms with E-state index in [9.17, 15) is 14.4 Å². The van der Waals surface area contributed by atoms with Crippen molar-refractivity contribution in [2.45, 2.75) is 187 Å². The molecule has 0 aromatic heterocycles. The van der Waals surface area contributed by atoms with Crippen LogP contribution in [-0.2, 0) is 28.6 Å². The van der Waals surface area contributed by atoms with Gasteiger partial charge in [0.1, 0.15) is 13.2 Å². The molecule has 58 heavy (non-hydrogen) atoms. The third-order valence-corrected chi connectivity index (χ3v) is 9.04. The van der Waals surface area contributed by atoms with Gasteiger partial charge in [0.25, 0.3) is 0 Å². The van der Waals surface area contributed by atoms with Gasteiger partial charge >= 0.3 is 17.9 Å². The van der Waals surface area contributed by atoms with Crippen LogP contribution in [0, 0.1) is 0 Å². The molecule has 0 heterocycles. The fourth-order valence-electron chi connectivity index (χ4n) is 5.71. The Morgan fingerprint density at radius 3 is 1.16 bits per heavy atom. The van der Waals surface area contributed by atoms with Crippen molar-refractivity contribution in [1.82, 2.24) is 0 Å². The first-order valence-corrected chi connectivity index (χ1v) is 22.9. The summed E-state index contributed by atoms with van der Waals surface area (Å²) >= 11 is 0. The first kappa shape index (κ1) is 54.1. The van der Waals surface area contributed by atoms with Gasteiger partial charge in [0.05, 0.1) is 6.42 Å². The first-order chi connectivity index (χ1) is 28.5. The molecule has 1 atom stereocenters. The van der Waals surface area contributed by atoms with Crippen molar-refractivity contribution in [2.75, 3.05) is 13.2 Å². The van der Waals surface area contributed by atoms with E-state index < -0.39 is 12.1 Å². The van der Waals surface area contributed by atoms with Crippen molar-refractivity contribution in [3.63, 3.8) is 0 Å². The summed E-state index contributed by atoms with van der Waals surface area (Å²) in [5.74, 6) is -1.11. The number of hydrogen-bond acceptors (Lipinski definition) is 6. The molecule has 0 radical (unpaired) electrons. The van der Waals surface area contributed by atoms with E-state index in [2.05, 4.69) is 118 Å². The van der Waals surface area contributed by atoms with Gasteiger partial charge in [-0.15, -0.1) is 0 Å². The molecule has 0 rings (SSSR count). The summed E-state index contributed by atoms with van der Waals surface area (Å²) in [6.45, 7) is 6.12. The molecule has 6 nitrogen and oxygen atoms in total. The average molecular weight is 803 g/mol. The third kappa shape index (κ3) is 43.2. The Bertz CT molecular complexity index is 1240. The number of unbranched alkanes of at least 4 members (excludes halogenated alkanes) is 11. The van der Waals surface area contributed by atoms with Gasteiger partial charge < -0.3 is 14.2 Å². The second kappa shape index (κ2) is 45.8. The van der Waals surface area contributed by atoms with Crippen LogP contribution in [0.25, 0.3) is 0 Å². The van der Waals surface area contributed by atoms with E-state index in [4.69, 9.17) is 14.2 Å². The lowest BCUT2D eigenvalue weighted by Crippen LogP contribution is -2.30. The SMILES string of the molecule is CC/C=C\C/C=C\C/C=C\CCCCCCCCCCCC(=O)OCC(COC(=O)C/C=C\C/C=C\C/C=C\CC)OC(=O)CCCC/C=C\C/C=C\C/C=C\CC. The quantitative estimate of drug-likeness (QED) is 0.0267. The van der Waals surface area contributed by atoms with E-state index in [1.165, 1.54) is 38.5 Å². The van der Waals surface area contributed by atoms with Crippen molar-refractivity contribution < 1.29 is 28.6 Å². The first-order valence-electron chi connectivity index (χ1n) is 22.9. The summed E-state index contributed by atoms with van der Waals surface area (Å²) in [6.07, 6.45) is 61.2. The van der Waals surface area contributed by atoms with Crippen LogP contribution in [0.15, 0.2) is 109 Å². The minimum atomic E-state index is -0.835. The minimum absolute atomic E-state index is 0.122. The number of carbonyl (C=O) groups is 3. The van der Waals surface area contributed by atoms with Crippen LogP contribution in [0.1, 0.15) is 181 Å². The maximum absolute atomic E-state index is 12.7. The molecule has 326 valence electrons. The fourth-order valence-corrected chi connectivity index (χ4v) is 5.71. The van der Waals surface area contributed by atoms with E-state index in [-0.39, 0.29) is 38.0 Å². The predicted octanol–water partition coefficient (Wildman–Crippen LogP) is 14.8. The highest BCUT2D eigenvalue weighted by Gasteiger charge is 2.19. The zero-order chi connectivity index (χ0) is 42.3. The van der Waals surface area contributed by atoms with Crippen LogP contribution >= 0.6 is 0 Å². The molecule has 0 aliphatic carbocycles. The topological polar surface area (TPSA) is 78.9 Å². The summed E-state index contributed by atoms with van der Waals surface area (Å²) < 4.78 is 16.5.